The minimum Gasteiger partial charge on any atom is -0.325 e. The Labute approximate surface area is 185 Å². The molecule has 0 radical (unpaired) electrons. The first-order chi connectivity index (χ1) is 15.2. The number of fused-ring (bicyclic) bond motifs is 1. The van der Waals surface area contributed by atoms with E-state index < -0.39 is 24.5 Å². The van der Waals surface area contributed by atoms with Crippen LogP contribution in [-0.2, 0) is 17.5 Å². The molecular weight excluding hydrogens is 439 g/mol. The van der Waals surface area contributed by atoms with E-state index in [-0.39, 0.29) is 11.0 Å². The number of halogens is 3. The van der Waals surface area contributed by atoms with Gasteiger partial charge in [0.25, 0.3) is 0 Å². The number of hydrogen-bond acceptors (Lipinski definition) is 5. The molecule has 0 spiro atoms. The number of anilines is 1. The van der Waals surface area contributed by atoms with Crippen molar-refractivity contribution in [3.63, 3.8) is 0 Å². The summed E-state index contributed by atoms with van der Waals surface area (Å²) in [6.45, 7) is 3.28. The Balaban J connectivity index is 1.48. The molecule has 1 amide bonds. The van der Waals surface area contributed by atoms with E-state index in [0.717, 1.165) is 20.9 Å². The number of benzene rings is 2. The van der Waals surface area contributed by atoms with E-state index in [4.69, 9.17) is 0 Å². The topological polar surface area (TPSA) is 72.7 Å². The van der Waals surface area contributed by atoms with Gasteiger partial charge in [0.2, 0.25) is 11.7 Å². The third kappa shape index (κ3) is 4.91. The highest BCUT2D eigenvalue weighted by atomic mass is 32.2. The molecule has 0 aliphatic rings. The van der Waals surface area contributed by atoms with Gasteiger partial charge >= 0.3 is 6.18 Å². The fourth-order valence-electron chi connectivity index (χ4n) is 3.25. The van der Waals surface area contributed by atoms with Crippen LogP contribution in [0.5, 0.6) is 0 Å². The number of aromatic nitrogens is 4. The first-order valence-corrected chi connectivity index (χ1v) is 10.4. The van der Waals surface area contributed by atoms with E-state index in [2.05, 4.69) is 20.3 Å². The SMILES string of the molecule is Cc1cc(C)nc(Sc2ccc(NC(=O)Cn3c(C(F)(F)F)nc4ccccc43)cc2)n1. The normalized spacial score (nSPS) is 11.7. The predicted octanol–water partition coefficient (Wildman–Crippen LogP) is 5.25. The average molecular weight is 457 g/mol. The number of aryl methyl sites for hydroxylation is 2. The van der Waals surface area contributed by atoms with Crippen LogP contribution in [0.25, 0.3) is 11.0 Å². The van der Waals surface area contributed by atoms with Gasteiger partial charge in [-0.05, 0) is 68.1 Å². The second-order valence-corrected chi connectivity index (χ2v) is 8.16. The van der Waals surface area contributed by atoms with Gasteiger partial charge in [0.15, 0.2) is 5.16 Å². The Hall–Kier alpha value is -3.40. The molecule has 2 heterocycles. The molecule has 0 aliphatic carbocycles. The summed E-state index contributed by atoms with van der Waals surface area (Å²) in [6, 6.07) is 15.0. The van der Waals surface area contributed by atoms with Crippen LogP contribution in [0.1, 0.15) is 17.2 Å². The molecule has 0 atom stereocenters. The van der Waals surface area contributed by atoms with Crippen LogP contribution >= 0.6 is 11.8 Å². The molecule has 32 heavy (non-hydrogen) atoms. The molecule has 4 aromatic rings. The van der Waals surface area contributed by atoms with Crippen LogP contribution in [0.15, 0.2) is 64.6 Å². The number of carbonyl (C=O) groups is 1. The minimum atomic E-state index is -4.67. The zero-order valence-electron chi connectivity index (χ0n) is 17.1. The third-order valence-corrected chi connectivity index (χ3v) is 5.39. The Morgan fingerprint density at radius 1 is 1.00 bits per heavy atom. The highest BCUT2D eigenvalue weighted by Crippen LogP contribution is 2.31. The molecule has 2 aromatic carbocycles. The Bertz CT molecular complexity index is 1260. The molecule has 0 fully saturated rings. The molecule has 0 bridgehead atoms. The van der Waals surface area contributed by atoms with Crippen LogP contribution in [0.2, 0.25) is 0 Å². The van der Waals surface area contributed by atoms with Gasteiger partial charge < -0.3 is 9.88 Å². The van der Waals surface area contributed by atoms with E-state index in [1.807, 2.05) is 19.9 Å². The summed E-state index contributed by atoms with van der Waals surface area (Å²) in [5.41, 5.74) is 2.64. The van der Waals surface area contributed by atoms with Crippen molar-refractivity contribution in [1.29, 1.82) is 0 Å². The fraction of sp³-hybridized carbons (Fsp3) is 0.182. The lowest BCUT2D eigenvalue weighted by Crippen LogP contribution is -2.23. The summed E-state index contributed by atoms with van der Waals surface area (Å²) < 4.78 is 41.1. The van der Waals surface area contributed by atoms with Crippen molar-refractivity contribution in [3.05, 3.63) is 71.8 Å². The zero-order chi connectivity index (χ0) is 22.9. The first-order valence-electron chi connectivity index (χ1n) is 9.61. The van der Waals surface area contributed by atoms with Crippen molar-refractivity contribution in [2.24, 2.45) is 0 Å². The number of alkyl halides is 3. The van der Waals surface area contributed by atoms with Gasteiger partial charge in [0.1, 0.15) is 6.54 Å². The predicted molar refractivity (Wildman–Crippen MR) is 115 cm³/mol. The number of nitrogens with one attached hydrogen (secondary N) is 1. The van der Waals surface area contributed by atoms with E-state index >= 15 is 0 Å². The smallest absolute Gasteiger partial charge is 0.325 e. The van der Waals surface area contributed by atoms with Crippen molar-refractivity contribution >= 4 is 34.4 Å². The standard InChI is InChI=1S/C22H18F3N5OS/c1-13-11-14(2)27-21(26-13)32-16-9-7-15(8-10-16)28-19(31)12-30-18-6-4-3-5-17(18)29-20(30)22(23,24)25/h3-11H,12H2,1-2H3,(H,28,31). The van der Waals surface area contributed by atoms with Crippen molar-refractivity contribution in [2.45, 2.75) is 36.6 Å². The van der Waals surface area contributed by atoms with Gasteiger partial charge in [-0.25, -0.2) is 15.0 Å². The maximum absolute atomic E-state index is 13.4. The Morgan fingerprint density at radius 3 is 2.31 bits per heavy atom. The molecule has 2 aromatic heterocycles. The zero-order valence-corrected chi connectivity index (χ0v) is 18.0. The van der Waals surface area contributed by atoms with Crippen LogP contribution in [0.4, 0.5) is 18.9 Å². The molecule has 164 valence electrons. The number of hydrogen-bond donors (Lipinski definition) is 1. The highest BCUT2D eigenvalue weighted by Gasteiger charge is 2.38. The van der Waals surface area contributed by atoms with Crippen LogP contribution in [0.3, 0.4) is 0 Å². The fourth-order valence-corrected chi connectivity index (χ4v) is 4.11. The van der Waals surface area contributed by atoms with Gasteiger partial charge in [-0.3, -0.25) is 4.79 Å². The lowest BCUT2D eigenvalue weighted by atomic mass is 10.3. The molecule has 10 heteroatoms. The van der Waals surface area contributed by atoms with E-state index in [9.17, 15) is 18.0 Å². The molecule has 0 saturated carbocycles. The highest BCUT2D eigenvalue weighted by molar-refractivity contribution is 7.99. The lowest BCUT2D eigenvalue weighted by molar-refractivity contribution is -0.147. The van der Waals surface area contributed by atoms with Gasteiger partial charge in [0.05, 0.1) is 11.0 Å². The average Bonchev–Trinajstić information content (AvgIpc) is 3.08. The van der Waals surface area contributed by atoms with Gasteiger partial charge in [-0.1, -0.05) is 12.1 Å². The molecule has 4 rings (SSSR count). The lowest BCUT2D eigenvalue weighted by Gasteiger charge is -2.12. The Kier molecular flexibility index (Phi) is 5.88. The maximum atomic E-state index is 13.4. The number of imidazole rings is 1. The van der Waals surface area contributed by atoms with E-state index in [0.29, 0.717) is 10.8 Å². The van der Waals surface area contributed by atoms with Gasteiger partial charge in [-0.15, -0.1) is 0 Å². The molecule has 6 nitrogen and oxygen atoms in total. The third-order valence-electron chi connectivity index (χ3n) is 4.52. The van der Waals surface area contributed by atoms with Crippen LogP contribution in [0, 0.1) is 13.8 Å². The van der Waals surface area contributed by atoms with Crippen molar-refractivity contribution < 1.29 is 18.0 Å². The molecular formula is C22H18F3N5OS. The molecule has 1 N–H and O–H groups in total. The summed E-state index contributed by atoms with van der Waals surface area (Å²) in [4.78, 5) is 25.8. The molecule has 0 aliphatic heterocycles. The number of amides is 1. The number of nitrogens with zero attached hydrogens (tertiary/aromatic N) is 4. The number of para-hydroxylation sites is 2. The summed E-state index contributed by atoms with van der Waals surface area (Å²) >= 11 is 1.38. The van der Waals surface area contributed by atoms with Crippen LogP contribution in [-0.4, -0.2) is 25.4 Å². The second kappa shape index (κ2) is 8.62. The van der Waals surface area contributed by atoms with E-state index in [1.165, 1.54) is 23.9 Å². The number of carbonyl (C=O) groups excluding carboxylic acids is 1. The van der Waals surface area contributed by atoms with Crippen molar-refractivity contribution in [1.82, 2.24) is 19.5 Å². The summed E-state index contributed by atoms with van der Waals surface area (Å²) in [5, 5.41) is 3.25. The van der Waals surface area contributed by atoms with Crippen LogP contribution < -0.4 is 5.32 Å². The molecule has 0 unspecified atom stereocenters. The minimum absolute atomic E-state index is 0.183. The first kappa shape index (κ1) is 21.8. The monoisotopic (exact) mass is 457 g/mol. The largest absolute Gasteiger partial charge is 0.449 e. The summed E-state index contributed by atoms with van der Waals surface area (Å²) in [7, 11) is 0. The molecule has 0 saturated heterocycles. The van der Waals surface area contributed by atoms with Gasteiger partial charge in [0, 0.05) is 22.0 Å². The van der Waals surface area contributed by atoms with Crippen molar-refractivity contribution in [2.75, 3.05) is 5.32 Å². The number of rotatable bonds is 5. The summed E-state index contributed by atoms with van der Waals surface area (Å²) in [6.07, 6.45) is -4.67. The second-order valence-electron chi connectivity index (χ2n) is 7.12. The van der Waals surface area contributed by atoms with Crippen molar-refractivity contribution in [3.8, 4) is 0 Å². The maximum Gasteiger partial charge on any atom is 0.449 e. The van der Waals surface area contributed by atoms with Gasteiger partial charge in [-0.2, -0.15) is 13.2 Å². The summed E-state index contributed by atoms with van der Waals surface area (Å²) in [5.74, 6) is -1.69. The van der Waals surface area contributed by atoms with E-state index in [1.54, 1.807) is 36.4 Å². The Morgan fingerprint density at radius 2 is 1.66 bits per heavy atom. The quantitative estimate of drug-likeness (QED) is 0.415.